The Morgan fingerprint density at radius 2 is 1.87 bits per heavy atom. The van der Waals surface area contributed by atoms with Gasteiger partial charge in [0, 0.05) is 25.7 Å². The van der Waals surface area contributed by atoms with E-state index in [9.17, 15) is 14.3 Å². The minimum atomic E-state index is -0.389. The molecule has 0 unspecified atom stereocenters. The van der Waals surface area contributed by atoms with Crippen molar-refractivity contribution in [2.75, 3.05) is 39.8 Å². The van der Waals surface area contributed by atoms with Crippen LogP contribution in [0.4, 0.5) is 4.39 Å². The predicted molar refractivity (Wildman–Crippen MR) is 126 cm³/mol. The van der Waals surface area contributed by atoms with Crippen LogP contribution in [0, 0.1) is 5.82 Å². The van der Waals surface area contributed by atoms with Crippen molar-refractivity contribution in [2.24, 2.45) is 4.99 Å². The summed E-state index contributed by atoms with van der Waals surface area (Å²) in [5, 5.41) is 15.2. The molecular formula is C21H28FIN4O3. The number of carbonyl (C=O) groups excluding carboxylic acids is 1. The first-order valence-electron chi connectivity index (χ1n) is 9.45. The third-order valence-corrected chi connectivity index (χ3v) is 4.01. The van der Waals surface area contributed by atoms with Crippen LogP contribution in [-0.2, 0) is 0 Å². The lowest BCUT2D eigenvalue weighted by molar-refractivity contribution is 0.0955. The topological polar surface area (TPSA) is 86.2 Å². The summed E-state index contributed by atoms with van der Waals surface area (Å²) in [7, 11) is 1.86. The number of guanidine groups is 1. The first-order chi connectivity index (χ1) is 14.0. The fraction of sp³-hybridized carbons (Fsp3) is 0.333. The largest absolute Gasteiger partial charge is 0.508 e. The monoisotopic (exact) mass is 530 g/mol. The van der Waals surface area contributed by atoms with Gasteiger partial charge in [-0.05, 0) is 43.3 Å². The van der Waals surface area contributed by atoms with Crippen molar-refractivity contribution in [3.05, 3.63) is 59.9 Å². The number of para-hydroxylation sites is 1. The Morgan fingerprint density at radius 1 is 1.17 bits per heavy atom. The van der Waals surface area contributed by atoms with E-state index in [2.05, 4.69) is 15.6 Å². The van der Waals surface area contributed by atoms with Gasteiger partial charge in [0.2, 0.25) is 0 Å². The van der Waals surface area contributed by atoms with Crippen molar-refractivity contribution in [1.82, 2.24) is 15.5 Å². The number of nitrogens with zero attached hydrogens (tertiary/aromatic N) is 2. The molecule has 0 heterocycles. The number of phenolic OH excluding ortho intramolecular Hbond substituents is 1. The molecule has 2 aromatic rings. The number of halogens is 2. The number of phenols is 1. The van der Waals surface area contributed by atoms with Crippen LogP contribution in [0.3, 0.4) is 0 Å². The van der Waals surface area contributed by atoms with E-state index in [4.69, 9.17) is 4.74 Å². The minimum Gasteiger partial charge on any atom is -0.508 e. The number of hydrogen-bond acceptors (Lipinski definition) is 4. The molecule has 2 rings (SSSR count). The molecule has 7 nitrogen and oxygen atoms in total. The number of amides is 1. The van der Waals surface area contributed by atoms with Crippen LogP contribution in [0.2, 0.25) is 0 Å². The highest BCUT2D eigenvalue weighted by Crippen LogP contribution is 2.15. The smallest absolute Gasteiger partial charge is 0.251 e. The molecule has 0 radical (unpaired) electrons. The maximum atomic E-state index is 13.6. The van der Waals surface area contributed by atoms with Crippen LogP contribution in [-0.4, -0.2) is 61.7 Å². The van der Waals surface area contributed by atoms with Crippen LogP contribution in [0.25, 0.3) is 0 Å². The third kappa shape index (κ3) is 8.44. The lowest BCUT2D eigenvalue weighted by Gasteiger charge is -2.22. The summed E-state index contributed by atoms with van der Waals surface area (Å²) in [5.74, 6) is 0.392. The molecule has 30 heavy (non-hydrogen) atoms. The average Bonchev–Trinajstić information content (AvgIpc) is 2.72. The van der Waals surface area contributed by atoms with Crippen LogP contribution in [0.1, 0.15) is 17.3 Å². The molecular weight excluding hydrogens is 502 g/mol. The van der Waals surface area contributed by atoms with E-state index in [1.54, 1.807) is 30.3 Å². The number of aliphatic imine (C=N–C) groups is 1. The molecule has 2 aromatic carbocycles. The summed E-state index contributed by atoms with van der Waals surface area (Å²) in [4.78, 5) is 18.4. The van der Waals surface area contributed by atoms with Crippen LogP contribution < -0.4 is 15.4 Å². The summed E-state index contributed by atoms with van der Waals surface area (Å²) >= 11 is 0. The molecule has 0 atom stereocenters. The second kappa shape index (κ2) is 13.6. The Labute approximate surface area is 193 Å². The number of benzene rings is 2. The molecule has 0 aliphatic carbocycles. The van der Waals surface area contributed by atoms with Crippen LogP contribution >= 0.6 is 24.0 Å². The van der Waals surface area contributed by atoms with Gasteiger partial charge >= 0.3 is 0 Å². The number of rotatable bonds is 9. The van der Waals surface area contributed by atoms with E-state index in [-0.39, 0.29) is 47.2 Å². The Bertz CT molecular complexity index is 818. The summed E-state index contributed by atoms with van der Waals surface area (Å²) in [5.41, 5.74) is 0.473. The zero-order chi connectivity index (χ0) is 21.1. The number of hydrogen-bond donors (Lipinski definition) is 3. The van der Waals surface area contributed by atoms with Crippen molar-refractivity contribution in [3.63, 3.8) is 0 Å². The number of carbonyl (C=O) groups is 1. The molecule has 0 spiro atoms. The zero-order valence-electron chi connectivity index (χ0n) is 17.1. The van der Waals surface area contributed by atoms with Gasteiger partial charge in [0.25, 0.3) is 5.91 Å². The highest BCUT2D eigenvalue weighted by molar-refractivity contribution is 14.0. The van der Waals surface area contributed by atoms with Gasteiger partial charge in [-0.1, -0.05) is 12.1 Å². The average molecular weight is 530 g/mol. The Morgan fingerprint density at radius 3 is 2.53 bits per heavy atom. The second-order valence-corrected chi connectivity index (χ2v) is 6.24. The number of likely N-dealkylation sites (N-methyl/N-ethyl adjacent to an activating group) is 1. The Hall–Kier alpha value is -2.56. The van der Waals surface area contributed by atoms with Crippen LogP contribution in [0.5, 0.6) is 11.5 Å². The van der Waals surface area contributed by atoms with Crippen LogP contribution in [0.15, 0.2) is 53.5 Å². The van der Waals surface area contributed by atoms with Gasteiger partial charge in [-0.3, -0.25) is 9.79 Å². The summed E-state index contributed by atoms with van der Waals surface area (Å²) in [6.45, 7) is 4.24. The second-order valence-electron chi connectivity index (χ2n) is 6.24. The molecule has 0 saturated carbocycles. The molecule has 0 bridgehead atoms. The fourth-order valence-electron chi connectivity index (χ4n) is 2.48. The van der Waals surface area contributed by atoms with E-state index in [1.807, 2.05) is 18.9 Å². The number of nitrogens with one attached hydrogen (secondary N) is 2. The van der Waals surface area contributed by atoms with E-state index < -0.39 is 0 Å². The lowest BCUT2D eigenvalue weighted by atomic mass is 10.2. The normalized spacial score (nSPS) is 10.7. The quantitative estimate of drug-likeness (QED) is 0.201. The van der Waals surface area contributed by atoms with Gasteiger partial charge in [-0.2, -0.15) is 0 Å². The molecule has 0 aromatic heterocycles. The minimum absolute atomic E-state index is 0. The number of ether oxygens (including phenoxy) is 1. The molecule has 164 valence electrons. The highest BCUT2D eigenvalue weighted by Gasteiger charge is 2.08. The highest BCUT2D eigenvalue weighted by atomic mass is 127. The summed E-state index contributed by atoms with van der Waals surface area (Å²) in [6, 6.07) is 12.3. The first kappa shape index (κ1) is 25.5. The van der Waals surface area contributed by atoms with Crippen molar-refractivity contribution in [2.45, 2.75) is 6.92 Å². The molecule has 0 fully saturated rings. The third-order valence-electron chi connectivity index (χ3n) is 4.01. The fourth-order valence-corrected chi connectivity index (χ4v) is 2.48. The maximum absolute atomic E-state index is 13.6. The lowest BCUT2D eigenvalue weighted by Crippen LogP contribution is -2.41. The maximum Gasteiger partial charge on any atom is 0.251 e. The van der Waals surface area contributed by atoms with E-state index >= 15 is 0 Å². The molecule has 1 amide bonds. The van der Waals surface area contributed by atoms with E-state index in [1.165, 1.54) is 18.2 Å². The van der Waals surface area contributed by atoms with Crippen molar-refractivity contribution >= 4 is 35.8 Å². The van der Waals surface area contributed by atoms with Gasteiger partial charge in [-0.15, -0.1) is 24.0 Å². The molecule has 0 saturated heterocycles. The summed E-state index contributed by atoms with van der Waals surface area (Å²) in [6.07, 6.45) is 0. The predicted octanol–water partition coefficient (Wildman–Crippen LogP) is 2.86. The van der Waals surface area contributed by atoms with Gasteiger partial charge in [-0.25, -0.2) is 4.39 Å². The van der Waals surface area contributed by atoms with Gasteiger partial charge in [0.1, 0.15) is 12.4 Å². The van der Waals surface area contributed by atoms with Gasteiger partial charge in [0.15, 0.2) is 17.5 Å². The van der Waals surface area contributed by atoms with E-state index in [0.717, 1.165) is 0 Å². The number of aromatic hydroxyl groups is 1. The van der Waals surface area contributed by atoms with Crippen molar-refractivity contribution < 1.29 is 19.0 Å². The zero-order valence-corrected chi connectivity index (χ0v) is 19.4. The van der Waals surface area contributed by atoms with Crippen molar-refractivity contribution in [1.29, 1.82) is 0 Å². The first-order valence-corrected chi connectivity index (χ1v) is 9.45. The molecule has 9 heteroatoms. The standard InChI is InChI=1S/C21H27FN4O3.HI/c1-3-23-21(26(2)14-15-29-19-7-5-4-6-18(19)22)25-13-12-24-20(28)16-8-10-17(27)11-9-16;/h4-11,27H,3,12-15H2,1-2H3,(H,23,25)(H,24,28);1H. The van der Waals surface area contributed by atoms with Crippen molar-refractivity contribution in [3.8, 4) is 11.5 Å². The van der Waals surface area contributed by atoms with Gasteiger partial charge in [0.05, 0.1) is 13.1 Å². The SMILES string of the molecule is CCNC(=NCCNC(=O)c1ccc(O)cc1)N(C)CCOc1ccccc1F.I. The molecule has 0 aliphatic rings. The molecule has 3 N–H and O–H groups in total. The molecule has 0 aliphatic heterocycles. The van der Waals surface area contributed by atoms with Gasteiger partial charge < -0.3 is 25.4 Å². The summed E-state index contributed by atoms with van der Waals surface area (Å²) < 4.78 is 19.1. The Balaban J connectivity index is 0.00000450. The Kier molecular flexibility index (Phi) is 11.6. The van der Waals surface area contributed by atoms with E-state index in [0.29, 0.717) is 44.3 Å².